The lowest BCUT2D eigenvalue weighted by atomic mass is 10.3. The minimum Gasteiger partial charge on any atom is -0.494 e. The molecule has 1 heterocycles. The molecule has 0 aromatic heterocycles. The van der Waals surface area contributed by atoms with Crippen molar-refractivity contribution < 1.29 is 27.5 Å². The summed E-state index contributed by atoms with van der Waals surface area (Å²) in [6.45, 7) is 3.87. The van der Waals surface area contributed by atoms with Crippen LogP contribution in [-0.2, 0) is 24.3 Å². The van der Waals surface area contributed by atoms with Crippen LogP contribution >= 0.6 is 11.8 Å². The maximum Gasteiger partial charge on any atom is 0.243 e. The van der Waals surface area contributed by atoms with Gasteiger partial charge in [-0.15, -0.1) is 11.8 Å². The highest BCUT2D eigenvalue weighted by Crippen LogP contribution is 2.20. The van der Waals surface area contributed by atoms with Crippen molar-refractivity contribution in [3.05, 3.63) is 48.5 Å². The van der Waals surface area contributed by atoms with Gasteiger partial charge in [0.15, 0.2) is 0 Å². The van der Waals surface area contributed by atoms with Crippen molar-refractivity contribution in [3.8, 4) is 5.75 Å². The fourth-order valence-corrected chi connectivity index (χ4v) is 5.10. The number of amides is 2. The van der Waals surface area contributed by atoms with Gasteiger partial charge in [0.1, 0.15) is 5.75 Å². The van der Waals surface area contributed by atoms with E-state index < -0.39 is 10.0 Å². The molecule has 33 heavy (non-hydrogen) atoms. The summed E-state index contributed by atoms with van der Waals surface area (Å²) in [6.07, 6.45) is 0. The number of carbonyl (C=O) groups is 2. The van der Waals surface area contributed by atoms with Gasteiger partial charge in [0.05, 0.1) is 36.2 Å². The third kappa shape index (κ3) is 7.46. The standard InChI is InChI=1S/C22H27N3O6S2/c1-2-31-19-7-3-17(4-8-19)23-21(26)15-32-16-22(27)24-18-5-9-20(10-6-18)33(28,29)25-11-13-30-14-12-25/h3-10H,2,11-16H2,1H3,(H,23,26)(H,24,27). The van der Waals surface area contributed by atoms with E-state index in [1.165, 1.54) is 28.2 Å². The molecule has 1 aliphatic heterocycles. The van der Waals surface area contributed by atoms with Gasteiger partial charge < -0.3 is 20.1 Å². The van der Waals surface area contributed by atoms with Crippen LogP contribution in [0.25, 0.3) is 0 Å². The zero-order valence-corrected chi connectivity index (χ0v) is 19.9. The van der Waals surface area contributed by atoms with Crippen molar-refractivity contribution in [1.82, 2.24) is 4.31 Å². The number of morpholine rings is 1. The van der Waals surface area contributed by atoms with Crippen LogP contribution in [0.4, 0.5) is 11.4 Å². The van der Waals surface area contributed by atoms with Crippen molar-refractivity contribution in [2.45, 2.75) is 11.8 Å². The van der Waals surface area contributed by atoms with Gasteiger partial charge in [-0.25, -0.2) is 8.42 Å². The summed E-state index contributed by atoms with van der Waals surface area (Å²) in [7, 11) is -3.58. The number of nitrogens with one attached hydrogen (secondary N) is 2. The average molecular weight is 494 g/mol. The van der Waals surface area contributed by atoms with E-state index in [-0.39, 0.29) is 28.2 Å². The Morgan fingerprint density at radius 2 is 1.45 bits per heavy atom. The molecule has 2 aromatic carbocycles. The van der Waals surface area contributed by atoms with Crippen LogP contribution in [0.15, 0.2) is 53.4 Å². The van der Waals surface area contributed by atoms with Crippen LogP contribution in [-0.4, -0.2) is 69.0 Å². The minimum absolute atomic E-state index is 0.0878. The maximum absolute atomic E-state index is 12.6. The van der Waals surface area contributed by atoms with E-state index in [4.69, 9.17) is 9.47 Å². The molecule has 1 saturated heterocycles. The molecule has 9 nitrogen and oxygen atoms in total. The van der Waals surface area contributed by atoms with Gasteiger partial charge in [0, 0.05) is 24.5 Å². The molecule has 0 aliphatic carbocycles. The molecule has 0 saturated carbocycles. The second kappa shape index (κ2) is 12.0. The highest BCUT2D eigenvalue weighted by Gasteiger charge is 2.26. The van der Waals surface area contributed by atoms with Gasteiger partial charge in [0.2, 0.25) is 21.8 Å². The number of benzene rings is 2. The summed E-state index contributed by atoms with van der Waals surface area (Å²) in [5.74, 6) is 0.447. The van der Waals surface area contributed by atoms with E-state index in [9.17, 15) is 18.0 Å². The Kier molecular flexibility index (Phi) is 9.12. The average Bonchev–Trinajstić information content (AvgIpc) is 2.81. The number of rotatable bonds is 10. The number of ether oxygens (including phenoxy) is 2. The Morgan fingerprint density at radius 3 is 1.97 bits per heavy atom. The van der Waals surface area contributed by atoms with E-state index in [0.29, 0.717) is 44.3 Å². The van der Waals surface area contributed by atoms with Crippen molar-refractivity contribution in [2.24, 2.45) is 0 Å². The van der Waals surface area contributed by atoms with Crippen LogP contribution in [0, 0.1) is 0 Å². The Bertz CT molecular complexity index is 1040. The molecule has 3 rings (SSSR count). The van der Waals surface area contributed by atoms with Gasteiger partial charge >= 0.3 is 0 Å². The van der Waals surface area contributed by atoms with Crippen LogP contribution in [0.5, 0.6) is 5.75 Å². The number of hydrogen-bond donors (Lipinski definition) is 2. The van der Waals surface area contributed by atoms with Crippen LogP contribution < -0.4 is 15.4 Å². The lowest BCUT2D eigenvalue weighted by Gasteiger charge is -2.26. The number of hydrogen-bond acceptors (Lipinski definition) is 7. The number of carbonyl (C=O) groups excluding carboxylic acids is 2. The topological polar surface area (TPSA) is 114 Å². The van der Waals surface area contributed by atoms with Crippen molar-refractivity contribution in [3.63, 3.8) is 0 Å². The zero-order chi connectivity index (χ0) is 23.7. The first-order chi connectivity index (χ1) is 15.9. The predicted molar refractivity (Wildman–Crippen MR) is 128 cm³/mol. The Morgan fingerprint density at radius 1 is 0.939 bits per heavy atom. The molecular formula is C22H27N3O6S2. The normalized spacial score (nSPS) is 14.5. The first kappa shape index (κ1) is 25.0. The quantitative estimate of drug-likeness (QED) is 0.522. The Labute approximate surface area is 197 Å². The SMILES string of the molecule is CCOc1ccc(NC(=O)CSCC(=O)Nc2ccc(S(=O)(=O)N3CCOCC3)cc2)cc1. The zero-order valence-electron chi connectivity index (χ0n) is 18.3. The highest BCUT2D eigenvalue weighted by atomic mass is 32.2. The molecule has 11 heteroatoms. The second-order valence-corrected chi connectivity index (χ2v) is 10.0. The third-order valence-electron chi connectivity index (χ3n) is 4.66. The third-order valence-corrected chi connectivity index (χ3v) is 7.51. The molecule has 1 fully saturated rings. The summed E-state index contributed by atoms with van der Waals surface area (Å²) >= 11 is 1.18. The largest absolute Gasteiger partial charge is 0.494 e. The van der Waals surface area contributed by atoms with Gasteiger partial charge in [-0.3, -0.25) is 9.59 Å². The molecule has 2 amide bonds. The number of sulfonamides is 1. The van der Waals surface area contributed by atoms with Gasteiger partial charge in [-0.2, -0.15) is 4.31 Å². The molecule has 0 atom stereocenters. The molecule has 0 radical (unpaired) electrons. The van der Waals surface area contributed by atoms with E-state index in [0.717, 1.165) is 5.75 Å². The molecule has 0 unspecified atom stereocenters. The Balaban J connectivity index is 1.41. The molecule has 2 N–H and O–H groups in total. The van der Waals surface area contributed by atoms with Gasteiger partial charge in [-0.1, -0.05) is 0 Å². The van der Waals surface area contributed by atoms with Crippen LogP contribution in [0.2, 0.25) is 0 Å². The lowest BCUT2D eigenvalue weighted by Crippen LogP contribution is -2.40. The Hall–Kier alpha value is -2.60. The first-order valence-electron chi connectivity index (χ1n) is 10.5. The van der Waals surface area contributed by atoms with Crippen LogP contribution in [0.3, 0.4) is 0 Å². The summed E-state index contributed by atoms with van der Waals surface area (Å²) in [4.78, 5) is 24.4. The molecule has 1 aliphatic rings. The molecule has 178 valence electrons. The van der Waals surface area contributed by atoms with E-state index in [1.54, 1.807) is 36.4 Å². The van der Waals surface area contributed by atoms with E-state index in [2.05, 4.69) is 10.6 Å². The molecule has 2 aromatic rings. The van der Waals surface area contributed by atoms with Gasteiger partial charge in [0.25, 0.3) is 0 Å². The summed E-state index contributed by atoms with van der Waals surface area (Å²) in [5, 5.41) is 5.47. The fourth-order valence-electron chi connectivity index (χ4n) is 3.08. The molecule has 0 spiro atoms. The number of nitrogens with zero attached hydrogens (tertiary/aromatic N) is 1. The number of anilines is 2. The van der Waals surface area contributed by atoms with E-state index >= 15 is 0 Å². The molecular weight excluding hydrogens is 466 g/mol. The van der Waals surface area contributed by atoms with Gasteiger partial charge in [-0.05, 0) is 55.5 Å². The van der Waals surface area contributed by atoms with Crippen LogP contribution in [0.1, 0.15) is 6.92 Å². The summed E-state index contributed by atoms with van der Waals surface area (Å²) < 4.78 is 37.2. The van der Waals surface area contributed by atoms with Crippen molar-refractivity contribution >= 4 is 45.0 Å². The predicted octanol–water partition coefficient (Wildman–Crippen LogP) is 2.42. The highest BCUT2D eigenvalue weighted by molar-refractivity contribution is 8.00. The summed E-state index contributed by atoms with van der Waals surface area (Å²) in [5.41, 5.74) is 1.14. The fraction of sp³-hybridized carbons (Fsp3) is 0.364. The van der Waals surface area contributed by atoms with Crippen molar-refractivity contribution in [2.75, 3.05) is 55.0 Å². The second-order valence-electron chi connectivity index (χ2n) is 7.09. The monoisotopic (exact) mass is 493 g/mol. The van der Waals surface area contributed by atoms with Crippen molar-refractivity contribution in [1.29, 1.82) is 0 Å². The first-order valence-corrected chi connectivity index (χ1v) is 13.1. The molecule has 0 bridgehead atoms. The maximum atomic E-state index is 12.6. The van der Waals surface area contributed by atoms with E-state index in [1.807, 2.05) is 6.92 Å². The number of thioether (sulfide) groups is 1. The smallest absolute Gasteiger partial charge is 0.243 e. The minimum atomic E-state index is -3.58. The summed E-state index contributed by atoms with van der Waals surface area (Å²) in [6, 6.07) is 13.1. The lowest BCUT2D eigenvalue weighted by molar-refractivity contribution is -0.114.